The number of benzene rings is 3. The van der Waals surface area contributed by atoms with E-state index in [0.29, 0.717) is 5.92 Å². The van der Waals surface area contributed by atoms with Crippen molar-refractivity contribution < 1.29 is 9.85 Å². The highest BCUT2D eigenvalue weighted by Crippen LogP contribution is 2.41. The molecule has 0 spiro atoms. The minimum absolute atomic E-state index is 0.125. The summed E-state index contributed by atoms with van der Waals surface area (Å²) >= 11 is 0. The Morgan fingerprint density at radius 3 is 2.47 bits per heavy atom. The number of anilines is 1. The van der Waals surface area contributed by atoms with Gasteiger partial charge in [0.25, 0.3) is 5.69 Å². The van der Waals surface area contributed by atoms with Crippen LogP contribution in [0.4, 0.5) is 17.1 Å². The first-order chi connectivity index (χ1) is 15.3. The van der Waals surface area contributed by atoms with Crippen molar-refractivity contribution in [3.8, 4) is 0 Å². The third-order valence-electron chi connectivity index (χ3n) is 6.29. The smallest absolute Gasteiger partial charge is 0.271 e. The fourth-order valence-corrected chi connectivity index (χ4v) is 4.59. The second kappa shape index (κ2) is 8.37. The van der Waals surface area contributed by atoms with E-state index in [-0.39, 0.29) is 17.1 Å². The Balaban J connectivity index is 1.81. The summed E-state index contributed by atoms with van der Waals surface area (Å²) in [5, 5.41) is 29.5. The van der Waals surface area contributed by atoms with Crippen molar-refractivity contribution in [1.29, 1.82) is 0 Å². The van der Waals surface area contributed by atoms with Crippen LogP contribution < -0.4 is 5.43 Å². The van der Waals surface area contributed by atoms with Crippen LogP contribution in [0.2, 0.25) is 0 Å². The Morgan fingerprint density at radius 2 is 1.78 bits per heavy atom. The number of nitrogens with one attached hydrogen (secondary N) is 1. The molecule has 0 aliphatic heterocycles. The molecular formula is C24H24N4O4. The molecule has 8 nitrogen and oxygen atoms in total. The summed E-state index contributed by atoms with van der Waals surface area (Å²) in [6, 6.07) is 12.0. The van der Waals surface area contributed by atoms with E-state index in [1.54, 1.807) is 0 Å². The molecule has 1 atom stereocenters. The van der Waals surface area contributed by atoms with Gasteiger partial charge in [0, 0.05) is 11.6 Å². The molecule has 1 N–H and O–H groups in total. The maximum atomic E-state index is 11.4. The van der Waals surface area contributed by atoms with Crippen LogP contribution in [0, 0.1) is 34.1 Å². The van der Waals surface area contributed by atoms with E-state index < -0.39 is 9.85 Å². The molecule has 1 aliphatic rings. The number of non-ortho nitro benzene ring substituents is 1. The molecule has 0 saturated heterocycles. The van der Waals surface area contributed by atoms with E-state index in [1.807, 2.05) is 0 Å². The van der Waals surface area contributed by atoms with Gasteiger partial charge in [-0.05, 0) is 72.6 Å². The van der Waals surface area contributed by atoms with Crippen molar-refractivity contribution >= 4 is 33.5 Å². The highest BCUT2D eigenvalue weighted by atomic mass is 16.6. The average Bonchev–Trinajstić information content (AvgIpc) is 2.79. The summed E-state index contributed by atoms with van der Waals surface area (Å²) in [6.45, 7) is 6.43. The largest absolute Gasteiger partial charge is 0.301 e. The summed E-state index contributed by atoms with van der Waals surface area (Å²) in [6.07, 6.45) is 2.71. The standard InChI is InChI=1S/C24H24N4O4/c1-4-16-7-11-20(19-10-9-18-14(2)5-6-15(3)23(18)24(16)19)25-26-21-12-8-17(27(29)30)13-22(21)28(31)32/h5-6,8-10,12-13,16,26H,4,7,11H2,1-3H3/b25-20-/t16-/m1/s1. The van der Waals surface area contributed by atoms with Crippen molar-refractivity contribution in [2.45, 2.75) is 46.0 Å². The Morgan fingerprint density at radius 1 is 1.03 bits per heavy atom. The Bertz CT molecular complexity index is 1280. The minimum atomic E-state index is -0.652. The summed E-state index contributed by atoms with van der Waals surface area (Å²) < 4.78 is 0. The monoisotopic (exact) mass is 432 g/mol. The lowest BCUT2D eigenvalue weighted by Gasteiger charge is -2.28. The van der Waals surface area contributed by atoms with E-state index in [0.717, 1.165) is 36.6 Å². The lowest BCUT2D eigenvalue weighted by molar-refractivity contribution is -0.393. The molecule has 1 aliphatic carbocycles. The second-order valence-corrected chi connectivity index (χ2v) is 8.18. The summed E-state index contributed by atoms with van der Waals surface area (Å²) in [5.74, 6) is 0.418. The van der Waals surface area contributed by atoms with Gasteiger partial charge in [-0.2, -0.15) is 5.10 Å². The van der Waals surface area contributed by atoms with Gasteiger partial charge >= 0.3 is 5.69 Å². The van der Waals surface area contributed by atoms with Gasteiger partial charge in [0.05, 0.1) is 21.6 Å². The molecule has 3 aromatic carbocycles. The van der Waals surface area contributed by atoms with Crippen LogP contribution in [0.1, 0.15) is 54.4 Å². The number of rotatable bonds is 5. The SMILES string of the molecule is CC[C@@H]1CC/C(=N/Nc2ccc([N+](=O)[O-])cc2[N+](=O)[O-])c2ccc3c(C)ccc(C)c3c21. The number of nitrogens with zero attached hydrogens (tertiary/aromatic N) is 3. The minimum Gasteiger partial charge on any atom is -0.271 e. The number of fused-ring (bicyclic) bond motifs is 3. The molecule has 0 fully saturated rings. The Labute approximate surface area is 185 Å². The lowest BCUT2D eigenvalue weighted by Crippen LogP contribution is -2.18. The first kappa shape index (κ1) is 21.4. The summed E-state index contributed by atoms with van der Waals surface area (Å²) in [7, 11) is 0. The fraction of sp³-hybridized carbons (Fsp3) is 0.292. The third-order valence-corrected chi connectivity index (χ3v) is 6.29. The zero-order valence-electron chi connectivity index (χ0n) is 18.2. The molecule has 0 bridgehead atoms. The van der Waals surface area contributed by atoms with Crippen LogP contribution in [0.25, 0.3) is 10.8 Å². The zero-order chi connectivity index (χ0) is 23.0. The average molecular weight is 432 g/mol. The Kier molecular flexibility index (Phi) is 5.61. The predicted molar refractivity (Wildman–Crippen MR) is 126 cm³/mol. The molecule has 0 unspecified atom stereocenters. The van der Waals surface area contributed by atoms with Crippen molar-refractivity contribution in [2.75, 3.05) is 5.43 Å². The molecule has 4 rings (SSSR count). The van der Waals surface area contributed by atoms with Gasteiger partial charge in [0.15, 0.2) is 0 Å². The molecule has 8 heteroatoms. The van der Waals surface area contributed by atoms with Crippen molar-refractivity contribution in [3.05, 3.63) is 84.9 Å². The van der Waals surface area contributed by atoms with Crippen molar-refractivity contribution in [3.63, 3.8) is 0 Å². The molecule has 0 saturated carbocycles. The van der Waals surface area contributed by atoms with E-state index >= 15 is 0 Å². The van der Waals surface area contributed by atoms with Crippen LogP contribution in [-0.4, -0.2) is 15.6 Å². The van der Waals surface area contributed by atoms with E-state index in [2.05, 4.69) is 55.6 Å². The highest BCUT2D eigenvalue weighted by molar-refractivity contribution is 6.08. The molecule has 164 valence electrons. The van der Waals surface area contributed by atoms with Crippen LogP contribution in [0.5, 0.6) is 0 Å². The van der Waals surface area contributed by atoms with Gasteiger partial charge in [-0.1, -0.05) is 31.2 Å². The fourth-order valence-electron chi connectivity index (χ4n) is 4.59. The third kappa shape index (κ3) is 3.68. The van der Waals surface area contributed by atoms with E-state index in [9.17, 15) is 20.2 Å². The maximum Gasteiger partial charge on any atom is 0.301 e. The van der Waals surface area contributed by atoms with Crippen LogP contribution in [0.15, 0.2) is 47.6 Å². The Hall–Kier alpha value is -3.81. The molecule has 3 aromatic rings. The van der Waals surface area contributed by atoms with Crippen LogP contribution in [0.3, 0.4) is 0 Å². The normalized spacial score (nSPS) is 16.7. The van der Waals surface area contributed by atoms with Gasteiger partial charge in [-0.25, -0.2) is 0 Å². The zero-order valence-corrected chi connectivity index (χ0v) is 18.2. The number of hydrogen-bond donors (Lipinski definition) is 1. The lowest BCUT2D eigenvalue weighted by atomic mass is 9.76. The van der Waals surface area contributed by atoms with E-state index in [4.69, 9.17) is 0 Å². The number of aryl methyl sites for hydroxylation is 2. The maximum absolute atomic E-state index is 11.4. The number of nitro benzene ring substituents is 2. The van der Waals surface area contributed by atoms with Gasteiger partial charge in [0.2, 0.25) is 0 Å². The summed E-state index contributed by atoms with van der Waals surface area (Å²) in [5.41, 5.74) is 7.85. The molecule has 0 aromatic heterocycles. The van der Waals surface area contributed by atoms with Crippen molar-refractivity contribution in [2.24, 2.45) is 5.10 Å². The highest BCUT2D eigenvalue weighted by Gasteiger charge is 2.27. The topological polar surface area (TPSA) is 111 Å². The van der Waals surface area contributed by atoms with Gasteiger partial charge in [-0.15, -0.1) is 0 Å². The molecule has 0 radical (unpaired) electrons. The van der Waals surface area contributed by atoms with Crippen LogP contribution in [-0.2, 0) is 0 Å². The molecule has 0 heterocycles. The van der Waals surface area contributed by atoms with Gasteiger partial charge in [0.1, 0.15) is 5.69 Å². The summed E-state index contributed by atoms with van der Waals surface area (Å²) in [4.78, 5) is 21.1. The molecule has 32 heavy (non-hydrogen) atoms. The van der Waals surface area contributed by atoms with E-state index in [1.165, 1.54) is 39.6 Å². The number of hydrazone groups is 1. The first-order valence-corrected chi connectivity index (χ1v) is 10.6. The van der Waals surface area contributed by atoms with Crippen molar-refractivity contribution in [1.82, 2.24) is 0 Å². The predicted octanol–water partition coefficient (Wildman–Crippen LogP) is 6.38. The number of hydrogen-bond acceptors (Lipinski definition) is 6. The van der Waals surface area contributed by atoms with Crippen LogP contribution >= 0.6 is 0 Å². The number of nitro groups is 2. The van der Waals surface area contributed by atoms with Gasteiger partial charge in [-0.3, -0.25) is 25.7 Å². The molecular weight excluding hydrogens is 408 g/mol. The second-order valence-electron chi connectivity index (χ2n) is 8.18. The quantitative estimate of drug-likeness (QED) is 0.372. The van der Waals surface area contributed by atoms with Gasteiger partial charge < -0.3 is 0 Å². The molecule has 0 amide bonds. The first-order valence-electron chi connectivity index (χ1n) is 10.6.